The third kappa shape index (κ3) is 4.42. The maximum absolute atomic E-state index is 5.92. The Kier molecular flexibility index (Phi) is 4.45. The molecule has 84 valence electrons. The summed E-state index contributed by atoms with van der Waals surface area (Å²) in [5.74, 6) is 0. The lowest BCUT2D eigenvalue weighted by Crippen LogP contribution is -2.37. The third-order valence-electron chi connectivity index (χ3n) is 2.58. The van der Waals surface area contributed by atoms with Crippen LogP contribution in [0.25, 0.3) is 0 Å². The Morgan fingerprint density at radius 2 is 1.67 bits per heavy atom. The lowest BCUT2D eigenvalue weighted by molar-refractivity contribution is 0.374. The first-order chi connectivity index (χ1) is 6.93. The normalized spacial score (nSPS) is 11.8. The zero-order valence-electron chi connectivity index (χ0n) is 9.40. The van der Waals surface area contributed by atoms with Crippen LogP contribution in [0.4, 0.5) is 0 Å². The minimum Gasteiger partial charge on any atom is -0.308 e. The van der Waals surface area contributed by atoms with E-state index < -0.39 is 0 Å². The first kappa shape index (κ1) is 12.8. The molecular formula is C12H17Cl2N. The van der Waals surface area contributed by atoms with E-state index in [2.05, 4.69) is 26.1 Å². The topological polar surface area (TPSA) is 12.0 Å². The van der Waals surface area contributed by atoms with Gasteiger partial charge in [0.25, 0.3) is 0 Å². The number of halogens is 2. The Balaban J connectivity index is 2.65. The van der Waals surface area contributed by atoms with E-state index in [1.165, 1.54) is 0 Å². The fourth-order valence-corrected chi connectivity index (χ4v) is 1.75. The molecule has 3 heteroatoms. The minimum absolute atomic E-state index is 0.148. The molecule has 0 spiro atoms. The molecule has 0 aliphatic carbocycles. The van der Waals surface area contributed by atoms with Gasteiger partial charge in [-0.1, -0.05) is 30.1 Å². The zero-order chi connectivity index (χ0) is 11.5. The van der Waals surface area contributed by atoms with Crippen LogP contribution >= 0.6 is 23.2 Å². The third-order valence-corrected chi connectivity index (χ3v) is 3.01. The second kappa shape index (κ2) is 5.20. The Labute approximate surface area is 102 Å². The van der Waals surface area contributed by atoms with Gasteiger partial charge < -0.3 is 5.32 Å². The van der Waals surface area contributed by atoms with Crippen molar-refractivity contribution < 1.29 is 0 Å². The van der Waals surface area contributed by atoms with E-state index in [-0.39, 0.29) is 5.54 Å². The summed E-state index contributed by atoms with van der Waals surface area (Å²) in [4.78, 5) is 0. The largest absolute Gasteiger partial charge is 0.308 e. The number of benzene rings is 1. The molecule has 15 heavy (non-hydrogen) atoms. The van der Waals surface area contributed by atoms with Crippen LogP contribution in [0.2, 0.25) is 10.0 Å². The van der Waals surface area contributed by atoms with Crippen molar-refractivity contribution in [2.24, 2.45) is 0 Å². The lowest BCUT2D eigenvalue weighted by atomic mass is 10.0. The Bertz CT molecular complexity index is 314. The first-order valence-electron chi connectivity index (χ1n) is 5.13. The molecule has 1 rings (SSSR count). The Morgan fingerprint density at radius 3 is 2.13 bits per heavy atom. The van der Waals surface area contributed by atoms with Gasteiger partial charge in [0, 0.05) is 22.1 Å². The van der Waals surface area contributed by atoms with E-state index in [1.54, 1.807) is 6.07 Å². The second-order valence-corrected chi connectivity index (χ2v) is 5.24. The molecule has 0 atom stereocenters. The molecule has 0 saturated heterocycles. The van der Waals surface area contributed by atoms with Crippen molar-refractivity contribution in [2.75, 3.05) is 0 Å². The Morgan fingerprint density at radius 1 is 1.13 bits per heavy atom. The van der Waals surface area contributed by atoms with E-state index in [0.717, 1.165) is 18.5 Å². The van der Waals surface area contributed by atoms with Crippen molar-refractivity contribution >= 4 is 23.2 Å². The standard InChI is InChI=1S/C12H17Cl2N/c1-4-12(2,3)15-8-9-5-10(13)7-11(14)6-9/h5-7,15H,4,8H2,1-3H3. The summed E-state index contributed by atoms with van der Waals surface area (Å²) in [5, 5.41) is 4.84. The molecule has 1 N–H and O–H groups in total. The highest BCUT2D eigenvalue weighted by Gasteiger charge is 2.13. The summed E-state index contributed by atoms with van der Waals surface area (Å²) in [7, 11) is 0. The van der Waals surface area contributed by atoms with E-state index in [9.17, 15) is 0 Å². The van der Waals surface area contributed by atoms with Crippen molar-refractivity contribution in [2.45, 2.75) is 39.3 Å². The smallest absolute Gasteiger partial charge is 0.0424 e. The van der Waals surface area contributed by atoms with Crippen molar-refractivity contribution in [1.29, 1.82) is 0 Å². The van der Waals surface area contributed by atoms with Gasteiger partial charge in [0.15, 0.2) is 0 Å². The van der Waals surface area contributed by atoms with Gasteiger partial charge >= 0.3 is 0 Å². The number of hydrogen-bond donors (Lipinski definition) is 1. The van der Waals surface area contributed by atoms with Gasteiger partial charge in [-0.05, 0) is 44.0 Å². The summed E-state index contributed by atoms with van der Waals surface area (Å²) < 4.78 is 0. The van der Waals surface area contributed by atoms with Gasteiger partial charge in [0.2, 0.25) is 0 Å². The van der Waals surface area contributed by atoms with Crippen LogP contribution in [-0.4, -0.2) is 5.54 Å². The van der Waals surface area contributed by atoms with E-state index in [1.807, 2.05) is 12.1 Å². The Hall–Kier alpha value is -0.240. The van der Waals surface area contributed by atoms with Crippen molar-refractivity contribution in [3.8, 4) is 0 Å². The maximum Gasteiger partial charge on any atom is 0.0424 e. The van der Waals surface area contributed by atoms with Gasteiger partial charge in [-0.15, -0.1) is 0 Å². The molecule has 0 fully saturated rings. The minimum atomic E-state index is 0.148. The molecule has 1 aromatic carbocycles. The predicted octanol–water partition coefficient (Wildman–Crippen LogP) is 4.27. The first-order valence-corrected chi connectivity index (χ1v) is 5.88. The number of rotatable bonds is 4. The summed E-state index contributed by atoms with van der Waals surface area (Å²) in [6, 6.07) is 5.62. The molecule has 0 aromatic heterocycles. The van der Waals surface area contributed by atoms with Crippen LogP contribution in [0.15, 0.2) is 18.2 Å². The highest BCUT2D eigenvalue weighted by molar-refractivity contribution is 6.34. The SMILES string of the molecule is CCC(C)(C)NCc1cc(Cl)cc(Cl)c1. The van der Waals surface area contributed by atoms with Crippen molar-refractivity contribution in [3.63, 3.8) is 0 Å². The summed E-state index contributed by atoms with van der Waals surface area (Å²) in [5.41, 5.74) is 1.27. The van der Waals surface area contributed by atoms with Crippen LogP contribution in [0.1, 0.15) is 32.8 Å². The highest BCUT2D eigenvalue weighted by atomic mass is 35.5. The van der Waals surface area contributed by atoms with E-state index in [0.29, 0.717) is 10.0 Å². The number of hydrogen-bond acceptors (Lipinski definition) is 1. The average Bonchev–Trinajstić information content (AvgIpc) is 2.14. The van der Waals surface area contributed by atoms with Gasteiger partial charge in [-0.2, -0.15) is 0 Å². The monoisotopic (exact) mass is 245 g/mol. The molecule has 0 heterocycles. The highest BCUT2D eigenvalue weighted by Crippen LogP contribution is 2.19. The number of nitrogens with one attached hydrogen (secondary N) is 1. The molecule has 0 unspecified atom stereocenters. The molecule has 0 radical (unpaired) electrons. The van der Waals surface area contributed by atoms with Gasteiger partial charge in [-0.3, -0.25) is 0 Å². The van der Waals surface area contributed by atoms with Crippen LogP contribution in [-0.2, 0) is 6.54 Å². The molecule has 0 bridgehead atoms. The molecule has 0 amide bonds. The van der Waals surface area contributed by atoms with Crippen LogP contribution in [0, 0.1) is 0 Å². The van der Waals surface area contributed by atoms with E-state index in [4.69, 9.17) is 23.2 Å². The van der Waals surface area contributed by atoms with Crippen LogP contribution in [0.5, 0.6) is 0 Å². The zero-order valence-corrected chi connectivity index (χ0v) is 10.9. The quantitative estimate of drug-likeness (QED) is 0.836. The van der Waals surface area contributed by atoms with Gasteiger partial charge in [0.1, 0.15) is 0 Å². The lowest BCUT2D eigenvalue weighted by Gasteiger charge is -2.24. The van der Waals surface area contributed by atoms with Crippen molar-refractivity contribution in [3.05, 3.63) is 33.8 Å². The fourth-order valence-electron chi connectivity index (χ4n) is 1.18. The summed E-state index contributed by atoms with van der Waals surface area (Å²) in [6.45, 7) is 7.32. The predicted molar refractivity (Wildman–Crippen MR) is 67.7 cm³/mol. The van der Waals surface area contributed by atoms with Crippen LogP contribution < -0.4 is 5.32 Å². The van der Waals surface area contributed by atoms with Crippen molar-refractivity contribution in [1.82, 2.24) is 5.32 Å². The molecule has 1 aromatic rings. The molecule has 1 nitrogen and oxygen atoms in total. The molecule has 0 saturated carbocycles. The van der Waals surface area contributed by atoms with Gasteiger partial charge in [0.05, 0.1) is 0 Å². The van der Waals surface area contributed by atoms with Crippen LogP contribution in [0.3, 0.4) is 0 Å². The maximum atomic E-state index is 5.92. The second-order valence-electron chi connectivity index (χ2n) is 4.37. The molecular weight excluding hydrogens is 229 g/mol. The van der Waals surface area contributed by atoms with E-state index >= 15 is 0 Å². The molecule has 0 aliphatic rings. The van der Waals surface area contributed by atoms with Gasteiger partial charge in [-0.25, -0.2) is 0 Å². The summed E-state index contributed by atoms with van der Waals surface area (Å²) >= 11 is 11.8. The molecule has 0 aliphatic heterocycles. The summed E-state index contributed by atoms with van der Waals surface area (Å²) in [6.07, 6.45) is 1.08. The fraction of sp³-hybridized carbons (Fsp3) is 0.500. The average molecular weight is 246 g/mol.